The number of aromatic nitrogens is 3. The summed E-state index contributed by atoms with van der Waals surface area (Å²) in [6.45, 7) is 0. The zero-order valence-electron chi connectivity index (χ0n) is 12.1. The molecular formula is C14H15N5OS2. The van der Waals surface area contributed by atoms with Crippen molar-refractivity contribution in [3.63, 3.8) is 0 Å². The van der Waals surface area contributed by atoms with Gasteiger partial charge in [-0.2, -0.15) is 5.26 Å². The van der Waals surface area contributed by atoms with Gasteiger partial charge in [0.25, 0.3) is 0 Å². The average molecular weight is 333 g/mol. The van der Waals surface area contributed by atoms with Crippen molar-refractivity contribution in [3.8, 4) is 6.07 Å². The van der Waals surface area contributed by atoms with Gasteiger partial charge in [0.1, 0.15) is 17.4 Å². The van der Waals surface area contributed by atoms with E-state index in [1.165, 1.54) is 16.6 Å². The smallest absolute Gasteiger partial charge is 0.235 e. The maximum absolute atomic E-state index is 12.1. The maximum Gasteiger partial charge on any atom is 0.235 e. The van der Waals surface area contributed by atoms with Gasteiger partial charge < -0.3 is 9.88 Å². The second-order valence-electron chi connectivity index (χ2n) is 5.09. The van der Waals surface area contributed by atoms with Gasteiger partial charge in [-0.25, -0.2) is 0 Å². The van der Waals surface area contributed by atoms with Crippen LogP contribution in [0.25, 0.3) is 0 Å². The number of carbonyl (C=O) groups is 1. The van der Waals surface area contributed by atoms with Crippen LogP contribution in [-0.4, -0.2) is 26.4 Å². The Kier molecular flexibility index (Phi) is 4.45. The van der Waals surface area contributed by atoms with E-state index in [1.807, 2.05) is 7.05 Å². The molecule has 0 unspecified atom stereocenters. The maximum atomic E-state index is 12.1. The predicted octanol–water partition coefficient (Wildman–Crippen LogP) is 2.36. The number of nitrogens with zero attached hydrogens (tertiary/aromatic N) is 4. The van der Waals surface area contributed by atoms with E-state index < -0.39 is 0 Å². The van der Waals surface area contributed by atoms with Crippen molar-refractivity contribution in [2.45, 2.75) is 30.8 Å². The number of aryl methyl sites for hydroxylation is 2. The average Bonchev–Trinajstić information content (AvgIpc) is 3.07. The lowest BCUT2D eigenvalue weighted by atomic mass is 9.96. The zero-order valence-corrected chi connectivity index (χ0v) is 13.8. The molecule has 2 aromatic rings. The SMILES string of the molecule is Cn1cnnc1SCC(=O)Nc1sc2c(c1C#N)CCCC2. The van der Waals surface area contributed by atoms with Crippen LogP contribution in [0.15, 0.2) is 11.5 Å². The molecule has 0 spiro atoms. The van der Waals surface area contributed by atoms with E-state index >= 15 is 0 Å². The van der Waals surface area contributed by atoms with E-state index in [2.05, 4.69) is 21.6 Å². The fourth-order valence-electron chi connectivity index (χ4n) is 2.47. The lowest BCUT2D eigenvalue weighted by molar-refractivity contribution is -0.113. The number of carbonyl (C=O) groups excluding carboxylic acids is 1. The summed E-state index contributed by atoms with van der Waals surface area (Å²) in [6.07, 6.45) is 5.83. The molecule has 2 aromatic heterocycles. The summed E-state index contributed by atoms with van der Waals surface area (Å²) in [7, 11) is 1.83. The highest BCUT2D eigenvalue weighted by atomic mass is 32.2. The summed E-state index contributed by atoms with van der Waals surface area (Å²) < 4.78 is 1.77. The summed E-state index contributed by atoms with van der Waals surface area (Å²) in [6, 6.07) is 2.25. The van der Waals surface area contributed by atoms with E-state index in [-0.39, 0.29) is 11.7 Å². The van der Waals surface area contributed by atoms with Crippen molar-refractivity contribution >= 4 is 34.0 Å². The standard InChI is InChI=1S/C14H15N5OS2/c1-19-8-16-18-14(19)21-7-12(20)17-13-10(6-15)9-4-2-3-5-11(9)22-13/h8H,2-5,7H2,1H3,(H,17,20). The number of anilines is 1. The monoisotopic (exact) mass is 333 g/mol. The molecule has 1 aliphatic rings. The highest BCUT2D eigenvalue weighted by Gasteiger charge is 2.21. The first kappa shape index (κ1) is 15.1. The van der Waals surface area contributed by atoms with Crippen molar-refractivity contribution in [2.75, 3.05) is 11.1 Å². The van der Waals surface area contributed by atoms with Crippen molar-refractivity contribution in [1.82, 2.24) is 14.8 Å². The van der Waals surface area contributed by atoms with Crippen LogP contribution in [0.5, 0.6) is 0 Å². The zero-order chi connectivity index (χ0) is 15.5. The van der Waals surface area contributed by atoms with Crippen LogP contribution in [-0.2, 0) is 24.7 Å². The second-order valence-corrected chi connectivity index (χ2v) is 7.14. The third-order valence-corrected chi connectivity index (χ3v) is 5.78. The molecule has 0 radical (unpaired) electrons. The molecule has 22 heavy (non-hydrogen) atoms. The Morgan fingerprint density at radius 3 is 3.09 bits per heavy atom. The molecule has 0 bridgehead atoms. The fraction of sp³-hybridized carbons (Fsp3) is 0.429. The largest absolute Gasteiger partial charge is 0.316 e. The van der Waals surface area contributed by atoms with Gasteiger partial charge in [-0.15, -0.1) is 21.5 Å². The number of rotatable bonds is 4. The molecular weight excluding hydrogens is 318 g/mol. The first-order valence-electron chi connectivity index (χ1n) is 7.00. The summed E-state index contributed by atoms with van der Waals surface area (Å²) >= 11 is 2.87. The Balaban J connectivity index is 1.68. The van der Waals surface area contributed by atoms with Gasteiger partial charge >= 0.3 is 0 Å². The van der Waals surface area contributed by atoms with Crippen LogP contribution in [0, 0.1) is 11.3 Å². The van der Waals surface area contributed by atoms with Gasteiger partial charge in [-0.1, -0.05) is 11.8 Å². The molecule has 0 aliphatic heterocycles. The number of amides is 1. The topological polar surface area (TPSA) is 83.6 Å². The molecule has 3 rings (SSSR count). The Labute approximate surface area is 136 Å². The minimum absolute atomic E-state index is 0.122. The van der Waals surface area contributed by atoms with E-state index in [9.17, 15) is 10.1 Å². The van der Waals surface area contributed by atoms with Crippen molar-refractivity contribution in [3.05, 3.63) is 22.3 Å². The number of hydrogen-bond acceptors (Lipinski definition) is 6. The van der Waals surface area contributed by atoms with Crippen LogP contribution < -0.4 is 5.32 Å². The predicted molar refractivity (Wildman–Crippen MR) is 86.0 cm³/mol. The summed E-state index contributed by atoms with van der Waals surface area (Å²) in [5, 5.41) is 21.3. The summed E-state index contributed by atoms with van der Waals surface area (Å²) in [5.74, 6) is 0.128. The molecule has 1 amide bonds. The third-order valence-electron chi connectivity index (χ3n) is 3.54. The molecule has 8 heteroatoms. The van der Waals surface area contributed by atoms with E-state index in [0.717, 1.165) is 31.2 Å². The number of hydrogen-bond donors (Lipinski definition) is 1. The molecule has 1 aliphatic carbocycles. The number of thiophene rings is 1. The van der Waals surface area contributed by atoms with Gasteiger partial charge in [-0.3, -0.25) is 4.79 Å². The molecule has 0 saturated heterocycles. The van der Waals surface area contributed by atoms with E-state index in [0.29, 0.717) is 15.7 Å². The lowest BCUT2D eigenvalue weighted by Gasteiger charge is -2.09. The van der Waals surface area contributed by atoms with Gasteiger partial charge in [-0.05, 0) is 31.2 Å². The molecule has 0 aromatic carbocycles. The number of nitriles is 1. The second kappa shape index (κ2) is 6.50. The molecule has 0 fully saturated rings. The van der Waals surface area contributed by atoms with Gasteiger partial charge in [0.2, 0.25) is 5.91 Å². The number of fused-ring (bicyclic) bond motifs is 1. The molecule has 6 nitrogen and oxygen atoms in total. The van der Waals surface area contributed by atoms with E-state index in [4.69, 9.17) is 0 Å². The molecule has 0 atom stereocenters. The van der Waals surface area contributed by atoms with Crippen LogP contribution in [0.2, 0.25) is 0 Å². The Bertz CT molecular complexity index is 743. The minimum atomic E-state index is -0.122. The third kappa shape index (κ3) is 3.00. The van der Waals surface area contributed by atoms with Gasteiger partial charge in [0, 0.05) is 11.9 Å². The highest BCUT2D eigenvalue weighted by Crippen LogP contribution is 2.37. The Hall–Kier alpha value is -1.85. The van der Waals surface area contributed by atoms with Crippen molar-refractivity contribution in [2.24, 2.45) is 7.05 Å². The fourth-order valence-corrected chi connectivity index (χ4v) is 4.41. The molecule has 2 heterocycles. The summed E-state index contributed by atoms with van der Waals surface area (Å²) in [4.78, 5) is 13.4. The molecule has 114 valence electrons. The van der Waals surface area contributed by atoms with Crippen LogP contribution in [0.3, 0.4) is 0 Å². The lowest BCUT2D eigenvalue weighted by Crippen LogP contribution is -2.14. The minimum Gasteiger partial charge on any atom is -0.316 e. The molecule has 0 saturated carbocycles. The van der Waals surface area contributed by atoms with Crippen LogP contribution in [0.4, 0.5) is 5.00 Å². The first-order valence-corrected chi connectivity index (χ1v) is 8.80. The van der Waals surface area contributed by atoms with E-state index in [1.54, 1.807) is 22.2 Å². The Morgan fingerprint density at radius 2 is 2.36 bits per heavy atom. The van der Waals surface area contributed by atoms with Crippen molar-refractivity contribution in [1.29, 1.82) is 5.26 Å². The van der Waals surface area contributed by atoms with Crippen LogP contribution >= 0.6 is 23.1 Å². The van der Waals surface area contributed by atoms with Gasteiger partial charge in [0.15, 0.2) is 5.16 Å². The highest BCUT2D eigenvalue weighted by molar-refractivity contribution is 7.99. The Morgan fingerprint density at radius 1 is 1.55 bits per heavy atom. The quantitative estimate of drug-likeness (QED) is 0.868. The normalized spacial score (nSPS) is 13.5. The number of nitrogens with one attached hydrogen (secondary N) is 1. The van der Waals surface area contributed by atoms with Gasteiger partial charge in [0.05, 0.1) is 11.3 Å². The van der Waals surface area contributed by atoms with Crippen molar-refractivity contribution < 1.29 is 4.79 Å². The molecule has 1 N–H and O–H groups in total. The summed E-state index contributed by atoms with van der Waals surface area (Å²) in [5.41, 5.74) is 1.78. The number of thioether (sulfide) groups is 1. The first-order chi connectivity index (χ1) is 10.7. The van der Waals surface area contributed by atoms with Crippen LogP contribution in [0.1, 0.15) is 28.8 Å².